The SMILES string of the molecule is CC(C)NC(=O)C(C)N1CCN(c2ccc(F)cc2)CC1. The molecule has 1 N–H and O–H groups in total. The van der Waals surface area contributed by atoms with Crippen LogP contribution in [0, 0.1) is 5.82 Å². The molecule has 1 heterocycles. The maximum Gasteiger partial charge on any atom is 0.237 e. The Morgan fingerprint density at radius 3 is 2.19 bits per heavy atom. The molecule has 1 amide bonds. The summed E-state index contributed by atoms with van der Waals surface area (Å²) in [6.45, 7) is 9.27. The van der Waals surface area contributed by atoms with E-state index < -0.39 is 0 Å². The van der Waals surface area contributed by atoms with Crippen LogP contribution in [0.5, 0.6) is 0 Å². The number of rotatable bonds is 4. The smallest absolute Gasteiger partial charge is 0.237 e. The zero-order valence-electron chi connectivity index (χ0n) is 13.0. The number of benzene rings is 1. The molecule has 1 fully saturated rings. The van der Waals surface area contributed by atoms with Gasteiger partial charge in [-0.2, -0.15) is 0 Å². The van der Waals surface area contributed by atoms with E-state index in [1.165, 1.54) is 12.1 Å². The molecule has 1 aromatic carbocycles. The quantitative estimate of drug-likeness (QED) is 0.920. The molecule has 1 aliphatic rings. The first-order chi connectivity index (χ1) is 9.97. The van der Waals surface area contributed by atoms with Crippen LogP contribution >= 0.6 is 0 Å². The topological polar surface area (TPSA) is 35.6 Å². The van der Waals surface area contributed by atoms with Crippen LogP contribution in [0.1, 0.15) is 20.8 Å². The van der Waals surface area contributed by atoms with Crippen molar-refractivity contribution in [2.75, 3.05) is 31.1 Å². The lowest BCUT2D eigenvalue weighted by molar-refractivity contribution is -0.126. The van der Waals surface area contributed by atoms with Gasteiger partial charge in [-0.05, 0) is 45.0 Å². The largest absolute Gasteiger partial charge is 0.369 e. The summed E-state index contributed by atoms with van der Waals surface area (Å²) in [5.74, 6) is -0.128. The molecule has 0 spiro atoms. The van der Waals surface area contributed by atoms with E-state index in [0.29, 0.717) is 0 Å². The van der Waals surface area contributed by atoms with Crippen molar-refractivity contribution in [1.82, 2.24) is 10.2 Å². The summed E-state index contributed by atoms with van der Waals surface area (Å²) >= 11 is 0. The number of nitrogens with one attached hydrogen (secondary N) is 1. The Morgan fingerprint density at radius 2 is 1.67 bits per heavy atom. The fourth-order valence-electron chi connectivity index (χ4n) is 2.59. The van der Waals surface area contributed by atoms with E-state index in [0.717, 1.165) is 31.9 Å². The van der Waals surface area contributed by atoms with E-state index in [-0.39, 0.29) is 23.8 Å². The molecule has 0 aromatic heterocycles. The molecule has 1 saturated heterocycles. The number of hydrogen-bond donors (Lipinski definition) is 1. The van der Waals surface area contributed by atoms with Gasteiger partial charge in [-0.15, -0.1) is 0 Å². The number of carbonyl (C=O) groups excluding carboxylic acids is 1. The van der Waals surface area contributed by atoms with Crippen molar-refractivity contribution in [2.45, 2.75) is 32.9 Å². The molecule has 1 aliphatic heterocycles. The normalized spacial score (nSPS) is 17.9. The second-order valence-corrected chi connectivity index (χ2v) is 5.84. The van der Waals surface area contributed by atoms with E-state index in [4.69, 9.17) is 0 Å². The summed E-state index contributed by atoms with van der Waals surface area (Å²) in [6.07, 6.45) is 0. The van der Waals surface area contributed by atoms with Gasteiger partial charge in [0.05, 0.1) is 6.04 Å². The Bertz CT molecular complexity index is 467. The zero-order valence-corrected chi connectivity index (χ0v) is 13.0. The molecule has 0 bridgehead atoms. The van der Waals surface area contributed by atoms with Crippen molar-refractivity contribution in [2.24, 2.45) is 0 Å². The number of amides is 1. The number of halogens is 1. The van der Waals surface area contributed by atoms with Gasteiger partial charge in [0.25, 0.3) is 0 Å². The average molecular weight is 293 g/mol. The first kappa shape index (κ1) is 15.8. The van der Waals surface area contributed by atoms with Gasteiger partial charge >= 0.3 is 0 Å². The lowest BCUT2D eigenvalue weighted by Crippen LogP contribution is -2.54. The first-order valence-electron chi connectivity index (χ1n) is 7.52. The molecule has 5 heteroatoms. The Kier molecular flexibility index (Phi) is 5.17. The third-order valence-electron chi connectivity index (χ3n) is 3.86. The van der Waals surface area contributed by atoms with Gasteiger partial charge in [0, 0.05) is 37.9 Å². The van der Waals surface area contributed by atoms with Crippen LogP contribution in [0.2, 0.25) is 0 Å². The van der Waals surface area contributed by atoms with Crippen LogP contribution in [0.4, 0.5) is 10.1 Å². The van der Waals surface area contributed by atoms with Crippen molar-refractivity contribution >= 4 is 11.6 Å². The fourth-order valence-corrected chi connectivity index (χ4v) is 2.59. The zero-order chi connectivity index (χ0) is 15.4. The van der Waals surface area contributed by atoms with Crippen molar-refractivity contribution < 1.29 is 9.18 Å². The lowest BCUT2D eigenvalue weighted by atomic mass is 10.2. The Hall–Kier alpha value is -1.62. The molecular weight excluding hydrogens is 269 g/mol. The van der Waals surface area contributed by atoms with Gasteiger partial charge in [-0.1, -0.05) is 0 Å². The van der Waals surface area contributed by atoms with Gasteiger partial charge in [0.1, 0.15) is 5.82 Å². The second kappa shape index (κ2) is 6.89. The summed E-state index contributed by atoms with van der Waals surface area (Å²) in [5, 5.41) is 2.95. The Balaban J connectivity index is 1.88. The summed E-state index contributed by atoms with van der Waals surface area (Å²) in [7, 11) is 0. The highest BCUT2D eigenvalue weighted by atomic mass is 19.1. The summed E-state index contributed by atoms with van der Waals surface area (Å²) in [5.41, 5.74) is 1.04. The standard InChI is InChI=1S/C16H24FN3O/c1-12(2)18-16(21)13(3)19-8-10-20(11-9-19)15-6-4-14(17)5-7-15/h4-7,12-13H,8-11H2,1-3H3,(H,18,21). The summed E-state index contributed by atoms with van der Waals surface area (Å²) in [6, 6.07) is 6.64. The van der Waals surface area contributed by atoms with Gasteiger partial charge in [0.2, 0.25) is 5.91 Å². The van der Waals surface area contributed by atoms with Gasteiger partial charge in [-0.25, -0.2) is 4.39 Å². The molecule has 0 saturated carbocycles. The molecule has 1 atom stereocenters. The van der Waals surface area contributed by atoms with Crippen molar-refractivity contribution in [3.63, 3.8) is 0 Å². The molecule has 0 radical (unpaired) electrons. The monoisotopic (exact) mass is 293 g/mol. The highest BCUT2D eigenvalue weighted by molar-refractivity contribution is 5.81. The highest BCUT2D eigenvalue weighted by Gasteiger charge is 2.25. The van der Waals surface area contributed by atoms with Crippen molar-refractivity contribution in [1.29, 1.82) is 0 Å². The molecule has 1 aromatic rings. The molecule has 0 aliphatic carbocycles. The van der Waals surface area contributed by atoms with Crippen LogP contribution in [0.15, 0.2) is 24.3 Å². The van der Waals surface area contributed by atoms with E-state index in [1.807, 2.05) is 20.8 Å². The first-order valence-corrected chi connectivity index (χ1v) is 7.52. The fraction of sp³-hybridized carbons (Fsp3) is 0.562. The lowest BCUT2D eigenvalue weighted by Gasteiger charge is -2.38. The maximum atomic E-state index is 12.9. The Labute approximate surface area is 125 Å². The summed E-state index contributed by atoms with van der Waals surface area (Å²) < 4.78 is 12.9. The van der Waals surface area contributed by atoms with Gasteiger partial charge in [0.15, 0.2) is 0 Å². The molecule has 1 unspecified atom stereocenters. The molecule has 2 rings (SSSR count). The van der Waals surface area contributed by atoms with E-state index >= 15 is 0 Å². The average Bonchev–Trinajstić information content (AvgIpc) is 2.47. The van der Waals surface area contributed by atoms with Crippen LogP contribution in [-0.4, -0.2) is 49.1 Å². The molecule has 4 nitrogen and oxygen atoms in total. The van der Waals surface area contributed by atoms with E-state index in [1.54, 1.807) is 12.1 Å². The van der Waals surface area contributed by atoms with Crippen molar-refractivity contribution in [3.8, 4) is 0 Å². The minimum Gasteiger partial charge on any atom is -0.369 e. The number of hydrogen-bond acceptors (Lipinski definition) is 3. The molecule has 116 valence electrons. The minimum absolute atomic E-state index is 0.0835. The third kappa shape index (κ3) is 4.17. The number of anilines is 1. The maximum absolute atomic E-state index is 12.9. The Morgan fingerprint density at radius 1 is 1.10 bits per heavy atom. The number of nitrogens with zero attached hydrogens (tertiary/aromatic N) is 2. The highest BCUT2D eigenvalue weighted by Crippen LogP contribution is 2.17. The van der Waals surface area contributed by atoms with Gasteiger partial charge < -0.3 is 10.2 Å². The van der Waals surface area contributed by atoms with Crippen molar-refractivity contribution in [3.05, 3.63) is 30.1 Å². The van der Waals surface area contributed by atoms with Crippen LogP contribution in [-0.2, 0) is 4.79 Å². The van der Waals surface area contributed by atoms with Crippen LogP contribution in [0.25, 0.3) is 0 Å². The predicted octanol–water partition coefficient (Wildman–Crippen LogP) is 1.86. The van der Waals surface area contributed by atoms with E-state index in [2.05, 4.69) is 15.1 Å². The van der Waals surface area contributed by atoms with Crippen LogP contribution < -0.4 is 10.2 Å². The van der Waals surface area contributed by atoms with Crippen LogP contribution in [0.3, 0.4) is 0 Å². The van der Waals surface area contributed by atoms with Gasteiger partial charge in [-0.3, -0.25) is 9.69 Å². The predicted molar refractivity (Wildman–Crippen MR) is 82.9 cm³/mol. The minimum atomic E-state index is -0.212. The van der Waals surface area contributed by atoms with E-state index in [9.17, 15) is 9.18 Å². The second-order valence-electron chi connectivity index (χ2n) is 5.84. The molecular formula is C16H24FN3O. The third-order valence-corrected chi connectivity index (χ3v) is 3.86. The summed E-state index contributed by atoms with van der Waals surface area (Å²) in [4.78, 5) is 16.5. The number of piperazine rings is 1. The molecule has 21 heavy (non-hydrogen) atoms. The number of carbonyl (C=O) groups is 1.